The number of rotatable bonds is 4. The first-order valence-corrected chi connectivity index (χ1v) is 6.18. The quantitative estimate of drug-likeness (QED) is 0.822. The molecule has 1 aliphatic carbocycles. The minimum atomic E-state index is 0.177. The van der Waals surface area contributed by atoms with Crippen LogP contribution in [0.5, 0.6) is 0 Å². The van der Waals surface area contributed by atoms with Crippen LogP contribution in [-0.4, -0.2) is 29.3 Å². The first kappa shape index (κ1) is 11.7. The lowest BCUT2D eigenvalue weighted by atomic mass is 10.2. The number of aromatic nitrogens is 1. The summed E-state index contributed by atoms with van der Waals surface area (Å²) in [5.41, 5.74) is 1.07. The zero-order valence-electron chi connectivity index (χ0n) is 9.27. The molecule has 2 rings (SSSR count). The van der Waals surface area contributed by atoms with Crippen molar-refractivity contribution in [2.24, 2.45) is 0 Å². The monoisotopic (exact) mass is 240 g/mol. The van der Waals surface area contributed by atoms with Crippen LogP contribution in [0.2, 0.25) is 5.15 Å². The molecule has 1 aliphatic rings. The maximum atomic E-state index is 9.14. The van der Waals surface area contributed by atoms with Crippen LogP contribution in [0.25, 0.3) is 0 Å². The molecule has 0 amide bonds. The molecule has 0 aromatic carbocycles. The molecule has 1 saturated carbocycles. The van der Waals surface area contributed by atoms with Gasteiger partial charge in [-0.1, -0.05) is 24.4 Å². The van der Waals surface area contributed by atoms with Gasteiger partial charge in [0.15, 0.2) is 0 Å². The van der Waals surface area contributed by atoms with Gasteiger partial charge in [-0.15, -0.1) is 0 Å². The smallest absolute Gasteiger partial charge is 0.131 e. The summed E-state index contributed by atoms with van der Waals surface area (Å²) < 4.78 is 0. The SMILES string of the molecule is OCCN(c1ccnc(Cl)c1)C1CCCC1. The molecule has 1 fully saturated rings. The molecule has 3 nitrogen and oxygen atoms in total. The van der Waals surface area contributed by atoms with Crippen molar-refractivity contribution in [1.29, 1.82) is 0 Å². The van der Waals surface area contributed by atoms with Crippen LogP contribution < -0.4 is 4.90 Å². The maximum Gasteiger partial charge on any atom is 0.131 e. The van der Waals surface area contributed by atoms with Crippen LogP contribution >= 0.6 is 11.6 Å². The third kappa shape index (κ3) is 2.66. The van der Waals surface area contributed by atoms with Crippen LogP contribution in [0.15, 0.2) is 18.3 Å². The van der Waals surface area contributed by atoms with Crippen LogP contribution in [0.1, 0.15) is 25.7 Å². The summed E-state index contributed by atoms with van der Waals surface area (Å²) in [6, 6.07) is 4.38. The van der Waals surface area contributed by atoms with E-state index in [1.54, 1.807) is 6.20 Å². The van der Waals surface area contributed by atoms with Crippen molar-refractivity contribution in [2.45, 2.75) is 31.7 Å². The second-order valence-corrected chi connectivity index (χ2v) is 4.58. The number of pyridine rings is 1. The fraction of sp³-hybridized carbons (Fsp3) is 0.583. The lowest BCUT2D eigenvalue weighted by Gasteiger charge is -2.30. The molecule has 0 bridgehead atoms. The van der Waals surface area contributed by atoms with Crippen LogP contribution in [0, 0.1) is 0 Å². The number of aliphatic hydroxyl groups excluding tert-OH is 1. The Balaban J connectivity index is 2.17. The molecular formula is C12H17ClN2O. The summed E-state index contributed by atoms with van der Waals surface area (Å²) in [5.74, 6) is 0. The molecule has 0 radical (unpaired) electrons. The van der Waals surface area contributed by atoms with Crippen LogP contribution in [-0.2, 0) is 0 Å². The van der Waals surface area contributed by atoms with Gasteiger partial charge in [0.25, 0.3) is 0 Å². The second kappa shape index (κ2) is 5.51. The molecule has 0 atom stereocenters. The summed E-state index contributed by atoms with van der Waals surface area (Å²) in [7, 11) is 0. The van der Waals surface area contributed by atoms with Gasteiger partial charge in [0.2, 0.25) is 0 Å². The van der Waals surface area contributed by atoms with E-state index in [0.717, 1.165) is 5.69 Å². The largest absolute Gasteiger partial charge is 0.395 e. The van der Waals surface area contributed by atoms with Gasteiger partial charge in [-0.3, -0.25) is 0 Å². The van der Waals surface area contributed by atoms with Gasteiger partial charge < -0.3 is 10.0 Å². The fourth-order valence-electron chi connectivity index (χ4n) is 2.42. The summed E-state index contributed by atoms with van der Waals surface area (Å²) in [6.07, 6.45) is 6.70. The topological polar surface area (TPSA) is 36.4 Å². The van der Waals surface area contributed by atoms with E-state index < -0.39 is 0 Å². The van der Waals surface area contributed by atoms with Gasteiger partial charge in [0.05, 0.1) is 6.61 Å². The number of hydrogen-bond donors (Lipinski definition) is 1. The van der Waals surface area contributed by atoms with Crippen molar-refractivity contribution in [3.8, 4) is 0 Å². The highest BCUT2D eigenvalue weighted by Crippen LogP contribution is 2.28. The predicted octanol–water partition coefficient (Wildman–Crippen LogP) is 2.48. The Bertz CT molecular complexity index is 340. The van der Waals surface area contributed by atoms with E-state index in [0.29, 0.717) is 17.7 Å². The third-order valence-corrected chi connectivity index (χ3v) is 3.35. The molecule has 4 heteroatoms. The minimum Gasteiger partial charge on any atom is -0.395 e. The number of halogens is 1. The Hall–Kier alpha value is -0.800. The molecule has 1 aromatic rings. The standard InChI is InChI=1S/C12H17ClN2O/c13-12-9-11(5-6-14-12)15(7-8-16)10-3-1-2-4-10/h5-6,9-10,16H,1-4,7-8H2. The molecule has 1 aromatic heterocycles. The normalized spacial score (nSPS) is 16.6. The summed E-state index contributed by atoms with van der Waals surface area (Å²) in [5, 5.41) is 9.65. The highest BCUT2D eigenvalue weighted by atomic mass is 35.5. The Kier molecular flexibility index (Phi) is 4.02. The first-order valence-electron chi connectivity index (χ1n) is 5.80. The Labute approximate surface area is 101 Å². The average molecular weight is 241 g/mol. The van der Waals surface area contributed by atoms with Crippen molar-refractivity contribution >= 4 is 17.3 Å². The van der Waals surface area contributed by atoms with Gasteiger partial charge in [-0.2, -0.15) is 0 Å². The van der Waals surface area contributed by atoms with E-state index in [9.17, 15) is 0 Å². The van der Waals surface area contributed by atoms with Crippen molar-refractivity contribution in [3.05, 3.63) is 23.5 Å². The molecule has 0 aliphatic heterocycles. The molecule has 0 unspecified atom stereocenters. The Morgan fingerprint density at radius 3 is 2.81 bits per heavy atom. The second-order valence-electron chi connectivity index (χ2n) is 4.19. The molecule has 88 valence electrons. The third-order valence-electron chi connectivity index (χ3n) is 3.15. The van der Waals surface area contributed by atoms with Gasteiger partial charge in [-0.25, -0.2) is 4.98 Å². The first-order chi connectivity index (χ1) is 7.81. The van der Waals surface area contributed by atoms with Crippen LogP contribution in [0.4, 0.5) is 5.69 Å². The average Bonchev–Trinajstić information content (AvgIpc) is 2.79. The molecule has 1 heterocycles. The predicted molar refractivity (Wildman–Crippen MR) is 65.9 cm³/mol. The van der Waals surface area contributed by atoms with Gasteiger partial charge in [-0.05, 0) is 25.0 Å². The minimum absolute atomic E-state index is 0.177. The molecule has 16 heavy (non-hydrogen) atoms. The summed E-state index contributed by atoms with van der Waals surface area (Å²) >= 11 is 5.90. The number of hydrogen-bond acceptors (Lipinski definition) is 3. The number of aliphatic hydroxyl groups is 1. The number of anilines is 1. The van der Waals surface area contributed by atoms with Gasteiger partial charge in [0.1, 0.15) is 5.15 Å². The van der Waals surface area contributed by atoms with E-state index >= 15 is 0 Å². The molecular weight excluding hydrogens is 224 g/mol. The fourth-order valence-corrected chi connectivity index (χ4v) is 2.59. The highest BCUT2D eigenvalue weighted by molar-refractivity contribution is 6.29. The van der Waals surface area contributed by atoms with Crippen molar-refractivity contribution in [1.82, 2.24) is 4.98 Å². The van der Waals surface area contributed by atoms with Gasteiger partial charge >= 0.3 is 0 Å². The Morgan fingerprint density at radius 2 is 2.19 bits per heavy atom. The van der Waals surface area contributed by atoms with E-state index in [-0.39, 0.29) is 6.61 Å². The number of nitrogens with zero attached hydrogens (tertiary/aromatic N) is 2. The Morgan fingerprint density at radius 1 is 1.44 bits per heavy atom. The zero-order valence-corrected chi connectivity index (χ0v) is 10.0. The van der Waals surface area contributed by atoms with E-state index in [1.165, 1.54) is 25.7 Å². The highest BCUT2D eigenvalue weighted by Gasteiger charge is 2.22. The lowest BCUT2D eigenvalue weighted by molar-refractivity contribution is 0.297. The van der Waals surface area contributed by atoms with E-state index in [4.69, 9.17) is 16.7 Å². The zero-order chi connectivity index (χ0) is 11.4. The van der Waals surface area contributed by atoms with E-state index in [2.05, 4.69) is 9.88 Å². The maximum absolute atomic E-state index is 9.14. The molecule has 1 N–H and O–H groups in total. The van der Waals surface area contributed by atoms with Gasteiger partial charge in [0, 0.05) is 24.5 Å². The molecule has 0 spiro atoms. The lowest BCUT2D eigenvalue weighted by Crippen LogP contribution is -2.35. The summed E-state index contributed by atoms with van der Waals surface area (Å²) in [6.45, 7) is 0.849. The van der Waals surface area contributed by atoms with Crippen molar-refractivity contribution in [2.75, 3.05) is 18.1 Å². The van der Waals surface area contributed by atoms with Crippen LogP contribution in [0.3, 0.4) is 0 Å². The van der Waals surface area contributed by atoms with Crippen molar-refractivity contribution in [3.63, 3.8) is 0 Å². The molecule has 0 saturated heterocycles. The summed E-state index contributed by atoms with van der Waals surface area (Å²) in [4.78, 5) is 6.24. The van der Waals surface area contributed by atoms with E-state index in [1.807, 2.05) is 12.1 Å². The van der Waals surface area contributed by atoms with Crippen molar-refractivity contribution < 1.29 is 5.11 Å².